The molecule has 0 N–H and O–H groups in total. The molecule has 0 aliphatic carbocycles. The Kier molecular flexibility index (Phi) is 3.09. The molecule has 0 saturated carbocycles. The van der Waals surface area contributed by atoms with Crippen molar-refractivity contribution in [1.82, 2.24) is 19.6 Å². The molecule has 7 nitrogen and oxygen atoms in total. The lowest BCUT2D eigenvalue weighted by Gasteiger charge is -1.99. The number of thioether (sulfide) groups is 1. The number of aryl methyl sites for hydroxylation is 2. The summed E-state index contributed by atoms with van der Waals surface area (Å²) in [6, 6.07) is 0. The van der Waals surface area contributed by atoms with Crippen LogP contribution in [0.25, 0.3) is 16.7 Å². The molecule has 104 valence electrons. The summed E-state index contributed by atoms with van der Waals surface area (Å²) in [4.78, 5) is 15.4. The van der Waals surface area contributed by atoms with Crippen LogP contribution < -0.4 is 0 Å². The van der Waals surface area contributed by atoms with Gasteiger partial charge in [0, 0.05) is 5.56 Å². The fourth-order valence-corrected chi connectivity index (χ4v) is 2.64. The van der Waals surface area contributed by atoms with Gasteiger partial charge in [0.15, 0.2) is 10.8 Å². The molecule has 0 spiro atoms. The summed E-state index contributed by atoms with van der Waals surface area (Å²) in [6.07, 6.45) is 1.60. The summed E-state index contributed by atoms with van der Waals surface area (Å²) in [5.74, 6) is 0.683. The van der Waals surface area contributed by atoms with Crippen molar-refractivity contribution in [2.24, 2.45) is 0 Å². The molecule has 3 aromatic rings. The summed E-state index contributed by atoms with van der Waals surface area (Å²) in [6.45, 7) is 3.84. The Morgan fingerprint density at radius 3 is 3.00 bits per heavy atom. The maximum atomic E-state index is 11.2. The molecule has 0 fully saturated rings. The summed E-state index contributed by atoms with van der Waals surface area (Å²) in [5, 5.41) is 9.70. The first-order valence-electron chi connectivity index (χ1n) is 5.91. The molecule has 3 aromatic heterocycles. The lowest BCUT2D eigenvalue weighted by molar-refractivity contribution is -0.137. The minimum atomic E-state index is -0.309. The number of esters is 1. The number of nitrogens with zero attached hydrogens (tertiary/aromatic N) is 4. The number of aromatic nitrogens is 4. The van der Waals surface area contributed by atoms with Crippen LogP contribution in [0, 0.1) is 13.8 Å². The highest BCUT2D eigenvalue weighted by Gasteiger charge is 2.17. The van der Waals surface area contributed by atoms with E-state index >= 15 is 0 Å². The van der Waals surface area contributed by atoms with Crippen LogP contribution in [-0.2, 0) is 9.53 Å². The minimum Gasteiger partial charge on any atom is -0.468 e. The molecular formula is C12H12N4O3S. The van der Waals surface area contributed by atoms with Gasteiger partial charge in [0.25, 0.3) is 0 Å². The van der Waals surface area contributed by atoms with Crippen molar-refractivity contribution >= 4 is 34.5 Å². The maximum Gasteiger partial charge on any atom is 0.316 e. The Balaban J connectivity index is 2.09. The molecular weight excluding hydrogens is 280 g/mol. The zero-order valence-electron chi connectivity index (χ0n) is 11.2. The third-order valence-corrected chi connectivity index (χ3v) is 4.01. The first-order chi connectivity index (χ1) is 9.61. The lowest BCUT2D eigenvalue weighted by atomic mass is 10.2. The molecule has 0 atom stereocenters. The highest BCUT2D eigenvalue weighted by Crippen LogP contribution is 2.28. The van der Waals surface area contributed by atoms with E-state index in [2.05, 4.69) is 19.9 Å². The fraction of sp³-hybridized carbons (Fsp3) is 0.333. The summed E-state index contributed by atoms with van der Waals surface area (Å²) in [5.41, 5.74) is 2.22. The van der Waals surface area contributed by atoms with Crippen LogP contribution in [0.1, 0.15) is 11.3 Å². The van der Waals surface area contributed by atoms with Gasteiger partial charge in [0.1, 0.15) is 12.1 Å². The van der Waals surface area contributed by atoms with Crippen LogP contribution >= 0.6 is 11.8 Å². The lowest BCUT2D eigenvalue weighted by Crippen LogP contribution is -2.03. The quantitative estimate of drug-likeness (QED) is 0.537. The molecule has 0 saturated heterocycles. The van der Waals surface area contributed by atoms with Gasteiger partial charge in [-0.3, -0.25) is 9.20 Å². The largest absolute Gasteiger partial charge is 0.468 e. The Hall–Kier alpha value is -2.09. The molecule has 20 heavy (non-hydrogen) atoms. The van der Waals surface area contributed by atoms with E-state index in [9.17, 15) is 4.79 Å². The van der Waals surface area contributed by atoms with Gasteiger partial charge in [-0.05, 0) is 13.8 Å². The van der Waals surface area contributed by atoms with E-state index in [1.54, 1.807) is 10.7 Å². The van der Waals surface area contributed by atoms with Gasteiger partial charge in [-0.15, -0.1) is 10.2 Å². The molecule has 0 aliphatic rings. The third-order valence-electron chi connectivity index (χ3n) is 3.09. The first kappa shape index (κ1) is 12.9. The van der Waals surface area contributed by atoms with Gasteiger partial charge in [-0.2, -0.15) is 0 Å². The number of ether oxygens (including phenoxy) is 1. The summed E-state index contributed by atoms with van der Waals surface area (Å²) >= 11 is 1.25. The molecule has 0 unspecified atom stereocenters. The van der Waals surface area contributed by atoms with Crippen LogP contribution in [0.4, 0.5) is 0 Å². The van der Waals surface area contributed by atoms with Gasteiger partial charge in [0.05, 0.1) is 18.2 Å². The Morgan fingerprint density at radius 2 is 2.25 bits per heavy atom. The second-order valence-electron chi connectivity index (χ2n) is 4.25. The van der Waals surface area contributed by atoms with Gasteiger partial charge in [-0.25, -0.2) is 4.98 Å². The van der Waals surface area contributed by atoms with Crippen molar-refractivity contribution < 1.29 is 13.9 Å². The number of carbonyl (C=O) groups is 1. The van der Waals surface area contributed by atoms with Gasteiger partial charge in [0.2, 0.25) is 5.71 Å². The Labute approximate surface area is 118 Å². The number of hydrogen-bond donors (Lipinski definition) is 0. The highest BCUT2D eigenvalue weighted by atomic mass is 32.2. The van der Waals surface area contributed by atoms with Crippen molar-refractivity contribution in [1.29, 1.82) is 0 Å². The van der Waals surface area contributed by atoms with Crippen molar-refractivity contribution in [3.8, 4) is 0 Å². The molecule has 0 aromatic carbocycles. The molecule has 8 heteroatoms. The van der Waals surface area contributed by atoms with E-state index in [-0.39, 0.29) is 11.7 Å². The van der Waals surface area contributed by atoms with Crippen LogP contribution in [0.3, 0.4) is 0 Å². The number of rotatable bonds is 3. The van der Waals surface area contributed by atoms with Crippen LogP contribution in [0.2, 0.25) is 0 Å². The summed E-state index contributed by atoms with van der Waals surface area (Å²) < 4.78 is 11.9. The number of hydrogen-bond acceptors (Lipinski definition) is 7. The van der Waals surface area contributed by atoms with E-state index in [4.69, 9.17) is 4.42 Å². The minimum absolute atomic E-state index is 0.179. The predicted octanol–water partition coefficient (Wildman–Crippen LogP) is 1.75. The highest BCUT2D eigenvalue weighted by molar-refractivity contribution is 7.99. The van der Waals surface area contributed by atoms with E-state index in [1.807, 2.05) is 13.8 Å². The van der Waals surface area contributed by atoms with Crippen molar-refractivity contribution in [2.75, 3.05) is 12.9 Å². The standard InChI is InChI=1S/C12H12N4O3S/c1-6-7(2)19-11-9(6)10-14-15-12(16(10)5-13-11)20-4-8(17)18-3/h5H,4H2,1-3H3. The molecule has 0 radical (unpaired) electrons. The van der Waals surface area contributed by atoms with Crippen molar-refractivity contribution in [2.45, 2.75) is 19.0 Å². The van der Waals surface area contributed by atoms with Crippen molar-refractivity contribution in [3.05, 3.63) is 17.7 Å². The van der Waals surface area contributed by atoms with Gasteiger partial charge < -0.3 is 9.15 Å². The number of furan rings is 1. The summed E-state index contributed by atoms with van der Waals surface area (Å²) in [7, 11) is 1.35. The van der Waals surface area contributed by atoms with Crippen LogP contribution in [0.5, 0.6) is 0 Å². The Bertz CT molecular complexity index is 808. The SMILES string of the molecule is COC(=O)CSc1nnc2c3c(C)c(C)oc3ncn12. The second-order valence-corrected chi connectivity index (χ2v) is 5.19. The molecule has 0 bridgehead atoms. The smallest absolute Gasteiger partial charge is 0.316 e. The monoisotopic (exact) mass is 292 g/mol. The molecule has 3 heterocycles. The first-order valence-corrected chi connectivity index (χ1v) is 6.89. The van der Waals surface area contributed by atoms with E-state index in [0.29, 0.717) is 16.5 Å². The molecule has 0 aliphatic heterocycles. The zero-order valence-corrected chi connectivity index (χ0v) is 12.0. The van der Waals surface area contributed by atoms with Gasteiger partial charge >= 0.3 is 5.97 Å². The average molecular weight is 292 g/mol. The van der Waals surface area contributed by atoms with E-state index in [1.165, 1.54) is 18.9 Å². The number of carbonyl (C=O) groups excluding carboxylic acids is 1. The fourth-order valence-electron chi connectivity index (χ4n) is 1.91. The number of fused-ring (bicyclic) bond motifs is 3. The molecule has 0 amide bonds. The van der Waals surface area contributed by atoms with Crippen LogP contribution in [0.15, 0.2) is 15.9 Å². The average Bonchev–Trinajstić information content (AvgIpc) is 2.98. The van der Waals surface area contributed by atoms with E-state index < -0.39 is 0 Å². The number of methoxy groups -OCH3 is 1. The molecule has 3 rings (SSSR count). The van der Waals surface area contributed by atoms with E-state index in [0.717, 1.165) is 16.7 Å². The predicted molar refractivity (Wildman–Crippen MR) is 72.8 cm³/mol. The topological polar surface area (TPSA) is 82.5 Å². The normalized spacial score (nSPS) is 11.3. The van der Waals surface area contributed by atoms with Crippen molar-refractivity contribution in [3.63, 3.8) is 0 Å². The zero-order chi connectivity index (χ0) is 14.3. The van der Waals surface area contributed by atoms with Crippen LogP contribution in [-0.4, -0.2) is 38.4 Å². The third kappa shape index (κ3) is 1.92. The second kappa shape index (κ2) is 4.78. The Morgan fingerprint density at radius 1 is 1.45 bits per heavy atom. The van der Waals surface area contributed by atoms with Gasteiger partial charge in [-0.1, -0.05) is 11.8 Å². The maximum absolute atomic E-state index is 11.2.